The molecule has 1 amide bonds. The van der Waals surface area contributed by atoms with Crippen LogP contribution in [0.5, 0.6) is 0 Å². The maximum absolute atomic E-state index is 12.2. The molecule has 1 saturated heterocycles. The fourth-order valence-electron chi connectivity index (χ4n) is 2.34. The smallest absolute Gasteiger partial charge is 0.239 e. The molecule has 2 heterocycles. The third kappa shape index (κ3) is 3.70. The Labute approximate surface area is 118 Å². The van der Waals surface area contributed by atoms with E-state index < -0.39 is 6.04 Å². The van der Waals surface area contributed by atoms with Crippen LogP contribution in [0.1, 0.15) is 26.2 Å². The highest BCUT2D eigenvalue weighted by Crippen LogP contribution is 2.17. The molecule has 1 aromatic rings. The van der Waals surface area contributed by atoms with Crippen molar-refractivity contribution in [2.24, 2.45) is 11.7 Å². The summed E-state index contributed by atoms with van der Waals surface area (Å²) in [6, 6.07) is -0.452. The number of carbonyl (C=O) groups excluding carboxylic acids is 1. The van der Waals surface area contributed by atoms with Crippen LogP contribution < -0.4 is 5.73 Å². The predicted octanol–water partition coefficient (Wildman–Crippen LogP) is 1.51. The number of piperidine rings is 1. The van der Waals surface area contributed by atoms with E-state index in [0.29, 0.717) is 24.2 Å². The van der Waals surface area contributed by atoms with Crippen LogP contribution in [0.3, 0.4) is 0 Å². The zero-order valence-electron chi connectivity index (χ0n) is 11.3. The largest absolute Gasteiger partial charge is 0.341 e. The van der Waals surface area contributed by atoms with Gasteiger partial charge in [-0.3, -0.25) is 4.79 Å². The summed E-state index contributed by atoms with van der Waals surface area (Å²) in [6.45, 7) is 4.51. The first-order valence-electron chi connectivity index (χ1n) is 6.79. The zero-order valence-corrected chi connectivity index (χ0v) is 12.0. The molecule has 1 aliphatic rings. The number of hydrogen-bond donors (Lipinski definition) is 1. The number of nitrogens with zero attached hydrogens (tertiary/aromatic N) is 3. The van der Waals surface area contributed by atoms with Gasteiger partial charge >= 0.3 is 0 Å². The molecule has 2 N–H and O–H groups in total. The van der Waals surface area contributed by atoms with Crippen molar-refractivity contribution in [2.45, 2.75) is 38.8 Å². The van der Waals surface area contributed by atoms with Gasteiger partial charge in [0.25, 0.3) is 0 Å². The molecular formula is C13H21ClN4O. The normalized spacial score (nSPS) is 18.6. The third-order valence-electron chi connectivity index (χ3n) is 3.76. The number of aromatic nitrogens is 2. The zero-order chi connectivity index (χ0) is 13.8. The summed E-state index contributed by atoms with van der Waals surface area (Å²) in [5.74, 6) is 0.771. The molecule has 6 heteroatoms. The second-order valence-electron chi connectivity index (χ2n) is 5.29. The van der Waals surface area contributed by atoms with E-state index in [0.717, 1.165) is 25.9 Å². The molecule has 0 bridgehead atoms. The lowest BCUT2D eigenvalue weighted by Gasteiger charge is -2.32. The maximum atomic E-state index is 12.2. The number of aryl methyl sites for hydroxylation is 1. The SMILES string of the molecule is CC1CCN(C(=O)C(N)CCn2ccnc2Cl)CC1. The van der Waals surface area contributed by atoms with Crippen LogP contribution in [-0.2, 0) is 11.3 Å². The van der Waals surface area contributed by atoms with Crippen LogP contribution >= 0.6 is 11.6 Å². The summed E-state index contributed by atoms with van der Waals surface area (Å²) in [5.41, 5.74) is 5.98. The fourth-order valence-corrected chi connectivity index (χ4v) is 2.54. The molecule has 1 aliphatic heterocycles. The van der Waals surface area contributed by atoms with Gasteiger partial charge in [0, 0.05) is 32.0 Å². The van der Waals surface area contributed by atoms with Gasteiger partial charge in [0.15, 0.2) is 0 Å². The third-order valence-corrected chi connectivity index (χ3v) is 4.07. The molecule has 1 unspecified atom stereocenters. The molecule has 106 valence electrons. The van der Waals surface area contributed by atoms with Crippen molar-refractivity contribution in [1.29, 1.82) is 0 Å². The minimum absolute atomic E-state index is 0.0585. The molecule has 0 saturated carbocycles. The summed E-state index contributed by atoms with van der Waals surface area (Å²) >= 11 is 5.88. The molecule has 2 rings (SSSR count). The van der Waals surface area contributed by atoms with E-state index in [1.807, 2.05) is 4.90 Å². The summed E-state index contributed by atoms with van der Waals surface area (Å²) in [6.07, 6.45) is 6.17. The van der Waals surface area contributed by atoms with E-state index in [9.17, 15) is 4.79 Å². The number of rotatable bonds is 4. The van der Waals surface area contributed by atoms with Crippen LogP contribution in [-0.4, -0.2) is 39.5 Å². The summed E-state index contributed by atoms with van der Waals surface area (Å²) in [4.78, 5) is 18.0. The molecule has 0 aromatic carbocycles. The Morgan fingerprint density at radius 1 is 1.58 bits per heavy atom. The maximum Gasteiger partial charge on any atom is 0.239 e. The average Bonchev–Trinajstić information content (AvgIpc) is 2.81. The van der Waals surface area contributed by atoms with E-state index in [2.05, 4.69) is 11.9 Å². The van der Waals surface area contributed by atoms with E-state index in [4.69, 9.17) is 17.3 Å². The van der Waals surface area contributed by atoms with Gasteiger partial charge in [0.1, 0.15) is 0 Å². The Morgan fingerprint density at radius 2 is 2.26 bits per heavy atom. The minimum Gasteiger partial charge on any atom is -0.341 e. The Kier molecular flexibility index (Phi) is 4.82. The molecular weight excluding hydrogens is 264 g/mol. The molecule has 0 spiro atoms. The van der Waals surface area contributed by atoms with Crippen molar-refractivity contribution >= 4 is 17.5 Å². The lowest BCUT2D eigenvalue weighted by molar-refractivity contribution is -0.134. The number of carbonyl (C=O) groups is 1. The number of likely N-dealkylation sites (tertiary alicyclic amines) is 1. The monoisotopic (exact) mass is 284 g/mol. The van der Waals surface area contributed by atoms with Gasteiger partial charge in [0.2, 0.25) is 11.2 Å². The number of amides is 1. The van der Waals surface area contributed by atoms with Crippen molar-refractivity contribution in [3.05, 3.63) is 17.7 Å². The van der Waals surface area contributed by atoms with Gasteiger partial charge in [-0.1, -0.05) is 6.92 Å². The number of halogens is 1. The first kappa shape index (κ1) is 14.3. The number of imidazole rings is 1. The first-order chi connectivity index (χ1) is 9.08. The first-order valence-corrected chi connectivity index (χ1v) is 7.16. The van der Waals surface area contributed by atoms with Crippen LogP contribution in [0.4, 0.5) is 0 Å². The van der Waals surface area contributed by atoms with E-state index in [-0.39, 0.29) is 5.91 Å². The van der Waals surface area contributed by atoms with Crippen molar-refractivity contribution in [3.63, 3.8) is 0 Å². The van der Waals surface area contributed by atoms with Gasteiger partial charge < -0.3 is 15.2 Å². The number of nitrogens with two attached hydrogens (primary N) is 1. The Balaban J connectivity index is 1.81. The van der Waals surface area contributed by atoms with Crippen molar-refractivity contribution in [2.75, 3.05) is 13.1 Å². The highest BCUT2D eigenvalue weighted by Gasteiger charge is 2.24. The fraction of sp³-hybridized carbons (Fsp3) is 0.692. The van der Waals surface area contributed by atoms with Gasteiger partial charge in [-0.2, -0.15) is 0 Å². The summed E-state index contributed by atoms with van der Waals surface area (Å²) < 4.78 is 1.80. The molecule has 1 atom stereocenters. The van der Waals surface area contributed by atoms with E-state index >= 15 is 0 Å². The van der Waals surface area contributed by atoms with Gasteiger partial charge in [-0.25, -0.2) is 4.98 Å². The van der Waals surface area contributed by atoms with E-state index in [1.54, 1.807) is 17.0 Å². The summed E-state index contributed by atoms with van der Waals surface area (Å²) in [5, 5.41) is 0.437. The molecule has 1 fully saturated rings. The lowest BCUT2D eigenvalue weighted by Crippen LogP contribution is -2.47. The highest BCUT2D eigenvalue weighted by atomic mass is 35.5. The topological polar surface area (TPSA) is 64.2 Å². The molecule has 1 aromatic heterocycles. The molecule has 0 aliphatic carbocycles. The standard InChI is InChI=1S/C13H21ClN4O/c1-10-2-6-17(7-3-10)12(19)11(15)4-8-18-9-5-16-13(18)14/h5,9-11H,2-4,6-8,15H2,1H3. The Morgan fingerprint density at radius 3 is 2.84 bits per heavy atom. The van der Waals surface area contributed by atoms with Gasteiger partial charge in [0.05, 0.1) is 6.04 Å². The molecule has 5 nitrogen and oxygen atoms in total. The van der Waals surface area contributed by atoms with Crippen LogP contribution in [0.2, 0.25) is 5.28 Å². The quantitative estimate of drug-likeness (QED) is 0.911. The van der Waals surface area contributed by atoms with Gasteiger partial charge in [-0.15, -0.1) is 0 Å². The second-order valence-corrected chi connectivity index (χ2v) is 5.63. The minimum atomic E-state index is -0.452. The van der Waals surface area contributed by atoms with Crippen molar-refractivity contribution in [3.8, 4) is 0 Å². The average molecular weight is 285 g/mol. The van der Waals surface area contributed by atoms with Crippen molar-refractivity contribution < 1.29 is 4.79 Å². The van der Waals surface area contributed by atoms with Crippen LogP contribution in [0, 0.1) is 5.92 Å². The lowest BCUT2D eigenvalue weighted by atomic mass is 9.98. The van der Waals surface area contributed by atoms with Crippen LogP contribution in [0.25, 0.3) is 0 Å². The summed E-state index contributed by atoms with van der Waals surface area (Å²) in [7, 11) is 0. The Bertz CT molecular complexity index is 426. The number of hydrogen-bond acceptors (Lipinski definition) is 3. The second kappa shape index (κ2) is 6.39. The molecule has 19 heavy (non-hydrogen) atoms. The van der Waals surface area contributed by atoms with Gasteiger partial charge in [-0.05, 0) is 36.8 Å². The highest BCUT2D eigenvalue weighted by molar-refractivity contribution is 6.28. The Hall–Kier alpha value is -1.07. The van der Waals surface area contributed by atoms with Crippen LogP contribution in [0.15, 0.2) is 12.4 Å². The predicted molar refractivity (Wildman–Crippen MR) is 74.8 cm³/mol. The van der Waals surface area contributed by atoms with E-state index in [1.165, 1.54) is 0 Å². The molecule has 0 radical (unpaired) electrons. The van der Waals surface area contributed by atoms with Crippen molar-refractivity contribution in [1.82, 2.24) is 14.5 Å².